The van der Waals surface area contributed by atoms with Crippen LogP contribution in [0.2, 0.25) is 5.02 Å². The summed E-state index contributed by atoms with van der Waals surface area (Å²) < 4.78 is 0. The summed E-state index contributed by atoms with van der Waals surface area (Å²) in [6.45, 7) is 0.352. The van der Waals surface area contributed by atoms with E-state index >= 15 is 0 Å². The van der Waals surface area contributed by atoms with E-state index in [4.69, 9.17) is 11.6 Å². The van der Waals surface area contributed by atoms with E-state index in [-0.39, 0.29) is 6.03 Å². The first-order valence-corrected chi connectivity index (χ1v) is 7.75. The highest BCUT2D eigenvalue weighted by molar-refractivity contribution is 6.30. The molecule has 0 bridgehead atoms. The standard InChI is InChI=1S/C18H15ClN4O/c19-15-6-1-7-16(10-15)23-18(24)22-12-14-5-3-9-21-17(14)13-4-2-8-20-11-13/h1-11H,12H2,(H2,22,23,24). The van der Waals surface area contributed by atoms with Crippen LogP contribution in [-0.2, 0) is 6.54 Å². The van der Waals surface area contributed by atoms with Gasteiger partial charge in [0.25, 0.3) is 0 Å². The Morgan fingerprint density at radius 2 is 1.96 bits per heavy atom. The molecule has 2 amide bonds. The molecule has 0 radical (unpaired) electrons. The quantitative estimate of drug-likeness (QED) is 0.752. The van der Waals surface area contributed by atoms with Crippen molar-refractivity contribution in [3.05, 3.63) is 77.7 Å². The predicted molar refractivity (Wildman–Crippen MR) is 94.8 cm³/mol. The summed E-state index contributed by atoms with van der Waals surface area (Å²) in [6, 6.07) is 14.2. The molecule has 0 aliphatic heterocycles. The molecule has 2 N–H and O–H groups in total. The number of carbonyl (C=O) groups is 1. The van der Waals surface area contributed by atoms with E-state index in [1.807, 2.05) is 24.3 Å². The van der Waals surface area contributed by atoms with Crippen molar-refractivity contribution in [3.63, 3.8) is 0 Å². The molecular formula is C18H15ClN4O. The summed E-state index contributed by atoms with van der Waals surface area (Å²) in [5, 5.41) is 6.14. The van der Waals surface area contributed by atoms with Crippen molar-refractivity contribution in [1.82, 2.24) is 15.3 Å². The fraction of sp³-hybridized carbons (Fsp3) is 0.0556. The summed E-state index contributed by atoms with van der Waals surface area (Å²) in [5.41, 5.74) is 3.25. The van der Waals surface area contributed by atoms with Gasteiger partial charge in [-0.3, -0.25) is 9.97 Å². The first-order valence-electron chi connectivity index (χ1n) is 7.37. The maximum atomic E-state index is 12.0. The van der Waals surface area contributed by atoms with Crippen LogP contribution in [0.4, 0.5) is 10.5 Å². The van der Waals surface area contributed by atoms with Gasteiger partial charge in [0.1, 0.15) is 0 Å². The van der Waals surface area contributed by atoms with E-state index in [9.17, 15) is 4.79 Å². The second-order valence-corrected chi connectivity index (χ2v) is 5.51. The monoisotopic (exact) mass is 338 g/mol. The molecule has 2 heterocycles. The molecule has 24 heavy (non-hydrogen) atoms. The van der Waals surface area contributed by atoms with Crippen LogP contribution < -0.4 is 10.6 Å². The number of carbonyl (C=O) groups excluding carboxylic acids is 1. The molecule has 3 rings (SSSR count). The van der Waals surface area contributed by atoms with Crippen molar-refractivity contribution in [3.8, 4) is 11.3 Å². The average molecular weight is 339 g/mol. The largest absolute Gasteiger partial charge is 0.334 e. The van der Waals surface area contributed by atoms with Gasteiger partial charge in [-0.1, -0.05) is 23.7 Å². The van der Waals surface area contributed by atoms with Crippen molar-refractivity contribution in [2.24, 2.45) is 0 Å². The number of urea groups is 1. The molecule has 0 fully saturated rings. The van der Waals surface area contributed by atoms with Gasteiger partial charge in [0.05, 0.1) is 5.69 Å². The zero-order valence-electron chi connectivity index (χ0n) is 12.7. The Morgan fingerprint density at radius 1 is 1.08 bits per heavy atom. The lowest BCUT2D eigenvalue weighted by molar-refractivity contribution is 0.252. The molecule has 0 unspecified atom stereocenters. The van der Waals surface area contributed by atoms with Crippen molar-refractivity contribution < 1.29 is 4.79 Å². The highest BCUT2D eigenvalue weighted by Crippen LogP contribution is 2.20. The molecular weight excluding hydrogens is 324 g/mol. The van der Waals surface area contributed by atoms with Crippen LogP contribution in [-0.4, -0.2) is 16.0 Å². The Bertz CT molecular complexity index is 839. The van der Waals surface area contributed by atoms with Crippen LogP contribution in [0.1, 0.15) is 5.56 Å². The van der Waals surface area contributed by atoms with E-state index in [0.717, 1.165) is 16.8 Å². The average Bonchev–Trinajstić information content (AvgIpc) is 2.61. The summed E-state index contributed by atoms with van der Waals surface area (Å²) in [7, 11) is 0. The van der Waals surface area contributed by atoms with E-state index in [2.05, 4.69) is 20.6 Å². The Hall–Kier alpha value is -2.92. The molecule has 6 heteroatoms. The molecule has 3 aromatic rings. The topological polar surface area (TPSA) is 66.9 Å². The number of benzene rings is 1. The van der Waals surface area contributed by atoms with E-state index in [1.165, 1.54) is 0 Å². The number of pyridine rings is 2. The van der Waals surface area contributed by atoms with Gasteiger partial charge >= 0.3 is 6.03 Å². The Labute approximate surface area is 144 Å². The lowest BCUT2D eigenvalue weighted by Crippen LogP contribution is -2.28. The zero-order valence-corrected chi connectivity index (χ0v) is 13.5. The lowest BCUT2D eigenvalue weighted by atomic mass is 10.1. The normalized spacial score (nSPS) is 10.2. The fourth-order valence-electron chi connectivity index (χ4n) is 2.26. The molecule has 0 saturated carbocycles. The number of rotatable bonds is 4. The number of hydrogen-bond donors (Lipinski definition) is 2. The van der Waals surface area contributed by atoms with Crippen molar-refractivity contribution in [2.75, 3.05) is 5.32 Å². The third-order valence-electron chi connectivity index (χ3n) is 3.35. The molecule has 5 nitrogen and oxygen atoms in total. The number of aromatic nitrogens is 2. The minimum absolute atomic E-state index is 0.307. The lowest BCUT2D eigenvalue weighted by Gasteiger charge is -2.11. The fourth-order valence-corrected chi connectivity index (χ4v) is 2.45. The number of hydrogen-bond acceptors (Lipinski definition) is 3. The highest BCUT2D eigenvalue weighted by Gasteiger charge is 2.08. The minimum Gasteiger partial charge on any atom is -0.334 e. The first-order chi connectivity index (χ1) is 11.7. The van der Waals surface area contributed by atoms with Crippen molar-refractivity contribution in [1.29, 1.82) is 0 Å². The Morgan fingerprint density at radius 3 is 2.75 bits per heavy atom. The van der Waals surface area contributed by atoms with Crippen LogP contribution in [0.3, 0.4) is 0 Å². The first kappa shape index (κ1) is 16.0. The molecule has 0 spiro atoms. The van der Waals surface area contributed by atoms with Gasteiger partial charge in [-0.05, 0) is 42.0 Å². The van der Waals surface area contributed by atoms with E-state index < -0.39 is 0 Å². The maximum Gasteiger partial charge on any atom is 0.319 e. The van der Waals surface area contributed by atoms with Gasteiger partial charge in [0, 0.05) is 41.4 Å². The molecule has 0 saturated heterocycles. The third kappa shape index (κ3) is 4.08. The van der Waals surface area contributed by atoms with Gasteiger partial charge < -0.3 is 10.6 Å². The van der Waals surface area contributed by atoms with E-state index in [1.54, 1.807) is 42.9 Å². The minimum atomic E-state index is -0.307. The number of halogens is 1. The van der Waals surface area contributed by atoms with Gasteiger partial charge in [-0.2, -0.15) is 0 Å². The van der Waals surface area contributed by atoms with Gasteiger partial charge in [-0.15, -0.1) is 0 Å². The number of amides is 2. The van der Waals surface area contributed by atoms with Crippen LogP contribution in [0, 0.1) is 0 Å². The SMILES string of the molecule is O=C(NCc1cccnc1-c1cccnc1)Nc1cccc(Cl)c1. The highest BCUT2D eigenvalue weighted by atomic mass is 35.5. The number of nitrogens with one attached hydrogen (secondary N) is 2. The Balaban J connectivity index is 1.68. The zero-order chi connectivity index (χ0) is 16.8. The molecule has 1 aromatic carbocycles. The van der Waals surface area contributed by atoms with E-state index in [0.29, 0.717) is 17.3 Å². The van der Waals surface area contributed by atoms with Crippen LogP contribution in [0.15, 0.2) is 67.1 Å². The van der Waals surface area contributed by atoms with Crippen molar-refractivity contribution in [2.45, 2.75) is 6.54 Å². The third-order valence-corrected chi connectivity index (χ3v) is 3.58. The number of anilines is 1. The summed E-state index contributed by atoms with van der Waals surface area (Å²) in [5.74, 6) is 0. The summed E-state index contributed by atoms with van der Waals surface area (Å²) in [4.78, 5) is 20.5. The van der Waals surface area contributed by atoms with Crippen LogP contribution in [0.25, 0.3) is 11.3 Å². The Kier molecular flexibility index (Phi) is 5.03. The van der Waals surface area contributed by atoms with Gasteiger partial charge in [0.2, 0.25) is 0 Å². The molecule has 0 atom stereocenters. The number of nitrogens with zero attached hydrogens (tertiary/aromatic N) is 2. The predicted octanol–water partition coefficient (Wildman–Crippen LogP) is 4.12. The smallest absolute Gasteiger partial charge is 0.319 e. The van der Waals surface area contributed by atoms with Crippen molar-refractivity contribution >= 4 is 23.3 Å². The van der Waals surface area contributed by atoms with Crippen LogP contribution >= 0.6 is 11.6 Å². The molecule has 0 aliphatic carbocycles. The molecule has 2 aromatic heterocycles. The van der Waals surface area contributed by atoms with Gasteiger partial charge in [-0.25, -0.2) is 4.79 Å². The summed E-state index contributed by atoms with van der Waals surface area (Å²) in [6.07, 6.45) is 5.18. The van der Waals surface area contributed by atoms with Gasteiger partial charge in [0.15, 0.2) is 0 Å². The maximum absolute atomic E-state index is 12.0. The summed E-state index contributed by atoms with van der Waals surface area (Å²) >= 11 is 5.90. The second kappa shape index (κ2) is 7.57. The molecule has 120 valence electrons. The second-order valence-electron chi connectivity index (χ2n) is 5.07. The van der Waals surface area contributed by atoms with Crippen LogP contribution in [0.5, 0.6) is 0 Å². The molecule has 0 aliphatic rings.